The van der Waals surface area contributed by atoms with Crippen molar-refractivity contribution in [3.63, 3.8) is 0 Å². The smallest absolute Gasteiger partial charge is 0.198 e. The number of hydrogen-bond acceptors (Lipinski definition) is 3. The highest BCUT2D eigenvalue weighted by atomic mass is 32.2. The van der Waals surface area contributed by atoms with Crippen LogP contribution in [0, 0.1) is 36.0 Å². The van der Waals surface area contributed by atoms with E-state index in [0.717, 1.165) is 17.4 Å². The van der Waals surface area contributed by atoms with Gasteiger partial charge in [-0.2, -0.15) is 13.5 Å². The third kappa shape index (κ3) is 1.76. The molecule has 0 saturated heterocycles. The summed E-state index contributed by atoms with van der Waals surface area (Å²) >= 11 is 0. The third-order valence-electron chi connectivity index (χ3n) is 5.98. The van der Waals surface area contributed by atoms with E-state index in [-0.39, 0.29) is 10.9 Å². The molecule has 4 aliphatic carbocycles. The maximum atomic E-state index is 12.2. The van der Waals surface area contributed by atoms with Crippen molar-refractivity contribution in [2.75, 3.05) is 0 Å². The van der Waals surface area contributed by atoms with Crippen molar-refractivity contribution in [2.24, 2.45) is 38.7 Å². The van der Waals surface area contributed by atoms with Gasteiger partial charge in [0.2, 0.25) is 0 Å². The first-order valence-electron chi connectivity index (χ1n) is 7.56. The van der Waals surface area contributed by atoms with E-state index < -0.39 is 10.0 Å². The summed E-state index contributed by atoms with van der Waals surface area (Å²) in [6, 6.07) is 6.89. The van der Waals surface area contributed by atoms with Crippen LogP contribution < -0.4 is 0 Å². The summed E-state index contributed by atoms with van der Waals surface area (Å²) in [5.74, 6) is 2.61. The molecule has 112 valence electrons. The maximum absolute atomic E-state index is 12.2. The predicted molar refractivity (Wildman–Crippen MR) is 79.4 cm³/mol. The fraction of sp³-hybridized carbons (Fsp3) is 0.625. The summed E-state index contributed by atoms with van der Waals surface area (Å²) in [7, 11) is -3.65. The van der Waals surface area contributed by atoms with Crippen LogP contribution in [0.25, 0.3) is 0 Å². The molecular formula is C16H20N2O2S. The number of sulfonamides is 1. The van der Waals surface area contributed by atoms with E-state index >= 15 is 0 Å². The topological polar surface area (TPSA) is 58.9 Å². The van der Waals surface area contributed by atoms with E-state index in [1.165, 1.54) is 6.42 Å². The van der Waals surface area contributed by atoms with Gasteiger partial charge in [0.05, 0.1) is 10.9 Å². The van der Waals surface area contributed by atoms with Crippen LogP contribution in [0.3, 0.4) is 0 Å². The molecule has 1 aromatic rings. The molecule has 0 N–H and O–H groups in total. The lowest BCUT2D eigenvalue weighted by atomic mass is 9.82. The molecule has 4 fully saturated rings. The van der Waals surface area contributed by atoms with Crippen LogP contribution in [0.4, 0.5) is 0 Å². The third-order valence-corrected chi connectivity index (χ3v) is 7.16. The summed E-state index contributed by atoms with van der Waals surface area (Å²) in [6.45, 7) is 6.53. The Morgan fingerprint density at radius 1 is 1.19 bits per heavy atom. The van der Waals surface area contributed by atoms with Gasteiger partial charge in [-0.15, -0.1) is 0 Å². The molecule has 5 heteroatoms. The van der Waals surface area contributed by atoms with Crippen LogP contribution in [0.2, 0.25) is 0 Å². The van der Waals surface area contributed by atoms with Crippen LogP contribution in [0.5, 0.6) is 0 Å². The second kappa shape index (κ2) is 3.94. The Morgan fingerprint density at radius 2 is 1.86 bits per heavy atom. The SMILES string of the molecule is Cc1ccc(S(=O)(=O)N=N[C@@H]2[C@@H]3[C@H]4C[C@@H]2C(C)(C)[C@H]43)cc1. The van der Waals surface area contributed by atoms with Crippen molar-refractivity contribution in [2.45, 2.75) is 38.1 Å². The van der Waals surface area contributed by atoms with Gasteiger partial charge < -0.3 is 0 Å². The summed E-state index contributed by atoms with van der Waals surface area (Å²) in [5, 5.41) is 4.27. The van der Waals surface area contributed by atoms with E-state index in [1.807, 2.05) is 6.92 Å². The lowest BCUT2D eigenvalue weighted by Gasteiger charge is -2.24. The van der Waals surface area contributed by atoms with Crippen molar-refractivity contribution in [1.29, 1.82) is 0 Å². The van der Waals surface area contributed by atoms with Crippen molar-refractivity contribution < 1.29 is 8.42 Å². The van der Waals surface area contributed by atoms with E-state index in [9.17, 15) is 8.42 Å². The minimum atomic E-state index is -3.65. The van der Waals surface area contributed by atoms with Gasteiger partial charge in [-0.05, 0) is 54.6 Å². The van der Waals surface area contributed by atoms with Gasteiger partial charge in [0.15, 0.2) is 0 Å². The Morgan fingerprint density at radius 3 is 2.33 bits per heavy atom. The van der Waals surface area contributed by atoms with Gasteiger partial charge in [0, 0.05) is 0 Å². The number of nitrogens with zero attached hydrogens (tertiary/aromatic N) is 2. The van der Waals surface area contributed by atoms with Gasteiger partial charge in [0.25, 0.3) is 10.0 Å². The Hall–Kier alpha value is -1.23. The molecule has 4 saturated carbocycles. The van der Waals surface area contributed by atoms with Crippen LogP contribution in [0.15, 0.2) is 38.8 Å². The van der Waals surface area contributed by atoms with Gasteiger partial charge in [-0.1, -0.05) is 36.1 Å². The van der Waals surface area contributed by atoms with Crippen molar-refractivity contribution in [3.8, 4) is 0 Å². The van der Waals surface area contributed by atoms with E-state index in [2.05, 4.69) is 23.5 Å². The average Bonchev–Trinajstić information content (AvgIpc) is 2.83. The number of benzene rings is 1. The molecule has 0 aliphatic heterocycles. The first-order chi connectivity index (χ1) is 9.82. The number of hydrogen-bond donors (Lipinski definition) is 0. The highest BCUT2D eigenvalue weighted by molar-refractivity contribution is 7.90. The zero-order valence-corrected chi connectivity index (χ0v) is 13.3. The van der Waals surface area contributed by atoms with Gasteiger partial charge in [0.1, 0.15) is 0 Å². The molecule has 0 unspecified atom stereocenters. The lowest BCUT2D eigenvalue weighted by molar-refractivity contribution is 0.257. The van der Waals surface area contributed by atoms with E-state index in [0.29, 0.717) is 17.3 Å². The second-order valence-electron chi connectivity index (χ2n) is 7.41. The Kier molecular flexibility index (Phi) is 2.52. The number of aryl methyl sites for hydroxylation is 1. The molecule has 5 rings (SSSR count). The fourth-order valence-electron chi connectivity index (χ4n) is 4.94. The van der Waals surface area contributed by atoms with Gasteiger partial charge in [-0.3, -0.25) is 0 Å². The van der Waals surface area contributed by atoms with Crippen LogP contribution in [0.1, 0.15) is 25.8 Å². The summed E-state index contributed by atoms with van der Waals surface area (Å²) in [6.07, 6.45) is 1.20. The zero-order chi connectivity index (χ0) is 15.0. The molecule has 4 aliphatic rings. The van der Waals surface area contributed by atoms with Crippen molar-refractivity contribution in [1.82, 2.24) is 0 Å². The first-order valence-corrected chi connectivity index (χ1v) is 9.00. The first kappa shape index (κ1) is 13.4. The highest BCUT2D eigenvalue weighted by Crippen LogP contribution is 2.78. The summed E-state index contributed by atoms with van der Waals surface area (Å²) < 4.78 is 28.2. The van der Waals surface area contributed by atoms with Crippen molar-refractivity contribution in [3.05, 3.63) is 29.8 Å². The molecule has 21 heavy (non-hydrogen) atoms. The average molecular weight is 304 g/mol. The Labute approximate surface area is 125 Å². The van der Waals surface area contributed by atoms with Crippen LogP contribution >= 0.6 is 0 Å². The standard InChI is InChI=1S/C16H20N2O2S/c1-9-4-6-10(7-5-9)21(19,20)18-17-15-12-8-11-13(15)14(11)16(12,2)3/h4-7,11-15H,8H2,1-3H3/t11-,12+,13-,14-,15+/m1/s1. The normalized spacial score (nSPS) is 39.1. The molecule has 1 aromatic carbocycles. The molecule has 0 radical (unpaired) electrons. The fourth-order valence-corrected chi connectivity index (χ4v) is 5.75. The Balaban J connectivity index is 1.58. The van der Waals surface area contributed by atoms with E-state index in [1.54, 1.807) is 24.3 Å². The van der Waals surface area contributed by atoms with Gasteiger partial charge in [-0.25, -0.2) is 0 Å². The van der Waals surface area contributed by atoms with Crippen LogP contribution in [-0.2, 0) is 10.0 Å². The molecule has 4 nitrogen and oxygen atoms in total. The molecule has 4 bridgehead atoms. The maximum Gasteiger partial charge on any atom is 0.299 e. The van der Waals surface area contributed by atoms with Gasteiger partial charge >= 0.3 is 0 Å². The minimum absolute atomic E-state index is 0.121. The predicted octanol–water partition coefficient (Wildman–Crippen LogP) is 3.43. The lowest BCUT2D eigenvalue weighted by Crippen LogP contribution is -2.21. The van der Waals surface area contributed by atoms with Crippen LogP contribution in [-0.4, -0.2) is 14.5 Å². The molecule has 5 atom stereocenters. The molecule has 0 heterocycles. The second-order valence-corrected chi connectivity index (χ2v) is 8.99. The van der Waals surface area contributed by atoms with Crippen molar-refractivity contribution >= 4 is 10.0 Å². The minimum Gasteiger partial charge on any atom is -0.198 e. The highest BCUT2D eigenvalue weighted by Gasteiger charge is 2.77. The van der Waals surface area contributed by atoms with E-state index in [4.69, 9.17) is 0 Å². The zero-order valence-electron chi connectivity index (χ0n) is 12.5. The molecule has 0 aromatic heterocycles. The largest absolute Gasteiger partial charge is 0.299 e. The summed E-state index contributed by atoms with van der Waals surface area (Å²) in [5.41, 5.74) is 1.34. The Bertz CT molecular complexity index is 721. The summed E-state index contributed by atoms with van der Waals surface area (Å²) in [4.78, 5) is 0.230. The molecule has 0 spiro atoms. The molecular weight excluding hydrogens is 284 g/mol. The monoisotopic (exact) mass is 304 g/mol. The number of rotatable bonds is 3. The quantitative estimate of drug-likeness (QED) is 0.803. The molecule has 0 amide bonds.